The quantitative estimate of drug-likeness (QED) is 0.730. The molecule has 1 aliphatic rings. The first kappa shape index (κ1) is 9.94. The van der Waals surface area contributed by atoms with Crippen molar-refractivity contribution in [3.05, 3.63) is 24.0 Å². The Bertz CT molecular complexity index is 382. The first-order valence-electron chi connectivity index (χ1n) is 5.14. The van der Waals surface area contributed by atoms with Crippen LogP contribution in [-0.2, 0) is 0 Å². The summed E-state index contributed by atoms with van der Waals surface area (Å²) in [7, 11) is 0. The minimum absolute atomic E-state index is 0.463. The van der Waals surface area contributed by atoms with Crippen molar-refractivity contribution < 1.29 is 0 Å². The number of anilines is 1. The third-order valence-corrected chi connectivity index (χ3v) is 2.60. The van der Waals surface area contributed by atoms with Crippen molar-refractivity contribution in [2.75, 3.05) is 24.5 Å². The first-order chi connectivity index (χ1) is 7.31. The van der Waals surface area contributed by atoms with Gasteiger partial charge in [-0.3, -0.25) is 0 Å². The first-order valence-corrected chi connectivity index (χ1v) is 5.14. The summed E-state index contributed by atoms with van der Waals surface area (Å²) < 4.78 is 0. The van der Waals surface area contributed by atoms with Crippen LogP contribution in [0.3, 0.4) is 0 Å². The van der Waals surface area contributed by atoms with Gasteiger partial charge in [0.15, 0.2) is 5.69 Å². The molecular weight excluding hydrogens is 188 g/mol. The van der Waals surface area contributed by atoms with Gasteiger partial charge in [-0.2, -0.15) is 5.26 Å². The van der Waals surface area contributed by atoms with Gasteiger partial charge in [-0.05, 0) is 19.1 Å². The Labute approximate surface area is 89.5 Å². The van der Waals surface area contributed by atoms with Crippen molar-refractivity contribution in [1.82, 2.24) is 10.3 Å². The van der Waals surface area contributed by atoms with Crippen LogP contribution in [0.25, 0.3) is 0 Å². The largest absolute Gasteiger partial charge is 0.366 e. The average molecular weight is 202 g/mol. The molecule has 2 heterocycles. The molecule has 0 amide bonds. The summed E-state index contributed by atoms with van der Waals surface area (Å²) in [4.78, 5) is 6.29. The molecule has 0 spiro atoms. The van der Waals surface area contributed by atoms with Gasteiger partial charge >= 0.3 is 0 Å². The Morgan fingerprint density at radius 1 is 1.67 bits per heavy atom. The molecule has 15 heavy (non-hydrogen) atoms. The maximum Gasteiger partial charge on any atom is 0.163 e. The molecule has 2 rings (SSSR count). The van der Waals surface area contributed by atoms with E-state index in [1.54, 1.807) is 6.20 Å². The van der Waals surface area contributed by atoms with Crippen molar-refractivity contribution >= 4 is 5.69 Å². The Hall–Kier alpha value is -1.60. The molecule has 1 aromatic heterocycles. The summed E-state index contributed by atoms with van der Waals surface area (Å²) in [6.45, 7) is 4.97. The minimum atomic E-state index is 0.463. The molecule has 1 saturated heterocycles. The van der Waals surface area contributed by atoms with Gasteiger partial charge in [0.25, 0.3) is 0 Å². The highest BCUT2D eigenvalue weighted by Gasteiger charge is 2.18. The predicted molar refractivity (Wildman–Crippen MR) is 58.6 cm³/mol. The zero-order chi connectivity index (χ0) is 10.7. The van der Waals surface area contributed by atoms with Crippen molar-refractivity contribution in [1.29, 1.82) is 5.26 Å². The number of hydrogen-bond acceptors (Lipinski definition) is 4. The molecule has 1 N–H and O–H groups in total. The molecule has 1 aliphatic heterocycles. The molecule has 1 fully saturated rings. The molecule has 0 saturated carbocycles. The maximum absolute atomic E-state index is 8.96. The maximum atomic E-state index is 8.96. The average Bonchev–Trinajstić information content (AvgIpc) is 2.29. The number of nitrogens with one attached hydrogen (secondary N) is 1. The van der Waals surface area contributed by atoms with E-state index in [0.717, 1.165) is 25.3 Å². The van der Waals surface area contributed by atoms with Crippen LogP contribution >= 0.6 is 0 Å². The van der Waals surface area contributed by atoms with Crippen molar-refractivity contribution in [2.24, 2.45) is 0 Å². The topological polar surface area (TPSA) is 52.0 Å². The molecule has 1 atom stereocenters. The fraction of sp³-hybridized carbons (Fsp3) is 0.455. The van der Waals surface area contributed by atoms with Gasteiger partial charge < -0.3 is 10.2 Å². The lowest BCUT2D eigenvalue weighted by atomic mass is 10.2. The molecule has 4 heteroatoms. The highest BCUT2D eigenvalue weighted by Crippen LogP contribution is 2.18. The fourth-order valence-electron chi connectivity index (χ4n) is 1.89. The standard InChI is InChI=1S/C11H14N4/c1-9-8-15(6-5-13-9)11-3-2-4-14-10(11)7-12/h2-4,9,13H,5-6,8H2,1H3. The van der Waals surface area contributed by atoms with E-state index in [0.29, 0.717) is 11.7 Å². The van der Waals surface area contributed by atoms with Crippen LogP contribution in [0.2, 0.25) is 0 Å². The second kappa shape index (κ2) is 4.28. The zero-order valence-electron chi connectivity index (χ0n) is 8.77. The molecule has 4 nitrogen and oxygen atoms in total. The van der Waals surface area contributed by atoms with Crippen LogP contribution in [0.15, 0.2) is 18.3 Å². The van der Waals surface area contributed by atoms with E-state index in [1.165, 1.54) is 0 Å². The smallest absolute Gasteiger partial charge is 0.163 e. The normalized spacial score (nSPS) is 21.1. The summed E-state index contributed by atoms with van der Waals surface area (Å²) in [5, 5.41) is 12.3. The van der Waals surface area contributed by atoms with Crippen LogP contribution < -0.4 is 10.2 Å². The van der Waals surface area contributed by atoms with Gasteiger partial charge in [-0.1, -0.05) is 0 Å². The Morgan fingerprint density at radius 2 is 2.53 bits per heavy atom. The van der Waals surface area contributed by atoms with E-state index in [9.17, 15) is 0 Å². The molecule has 1 unspecified atom stereocenters. The summed E-state index contributed by atoms with van der Waals surface area (Å²) in [5.41, 5.74) is 1.47. The van der Waals surface area contributed by atoms with E-state index in [-0.39, 0.29) is 0 Å². The van der Waals surface area contributed by atoms with Crippen LogP contribution in [0.4, 0.5) is 5.69 Å². The summed E-state index contributed by atoms with van der Waals surface area (Å²) >= 11 is 0. The predicted octanol–water partition coefficient (Wildman–Crippen LogP) is 0.751. The molecule has 0 aliphatic carbocycles. The fourth-order valence-corrected chi connectivity index (χ4v) is 1.89. The lowest BCUT2D eigenvalue weighted by molar-refractivity contribution is 0.484. The van der Waals surface area contributed by atoms with Crippen molar-refractivity contribution in [2.45, 2.75) is 13.0 Å². The zero-order valence-corrected chi connectivity index (χ0v) is 8.77. The lowest BCUT2D eigenvalue weighted by Gasteiger charge is -2.33. The third kappa shape index (κ3) is 2.08. The number of pyridine rings is 1. The molecule has 78 valence electrons. The number of piperazine rings is 1. The van der Waals surface area contributed by atoms with Gasteiger partial charge in [-0.15, -0.1) is 0 Å². The molecular formula is C11H14N4. The van der Waals surface area contributed by atoms with E-state index < -0.39 is 0 Å². The van der Waals surface area contributed by atoms with Gasteiger partial charge in [0, 0.05) is 31.9 Å². The SMILES string of the molecule is CC1CN(c2cccnc2C#N)CCN1. The highest BCUT2D eigenvalue weighted by molar-refractivity contribution is 5.56. The van der Waals surface area contributed by atoms with E-state index in [2.05, 4.69) is 28.2 Å². The second-order valence-corrected chi connectivity index (χ2v) is 3.78. The Kier molecular flexibility index (Phi) is 2.84. The van der Waals surface area contributed by atoms with Crippen LogP contribution in [-0.4, -0.2) is 30.7 Å². The van der Waals surface area contributed by atoms with Crippen LogP contribution in [0.1, 0.15) is 12.6 Å². The van der Waals surface area contributed by atoms with Gasteiger partial charge in [-0.25, -0.2) is 4.98 Å². The van der Waals surface area contributed by atoms with Crippen LogP contribution in [0.5, 0.6) is 0 Å². The molecule has 1 aromatic rings. The molecule has 0 radical (unpaired) electrons. The van der Waals surface area contributed by atoms with Crippen molar-refractivity contribution in [3.63, 3.8) is 0 Å². The van der Waals surface area contributed by atoms with Crippen LogP contribution in [0, 0.1) is 11.3 Å². The second-order valence-electron chi connectivity index (χ2n) is 3.78. The Balaban J connectivity index is 2.25. The van der Waals surface area contributed by atoms with Gasteiger partial charge in [0.05, 0.1) is 5.69 Å². The molecule has 0 bridgehead atoms. The summed E-state index contributed by atoms with van der Waals surface area (Å²) in [6, 6.07) is 6.44. The van der Waals surface area contributed by atoms with E-state index >= 15 is 0 Å². The van der Waals surface area contributed by atoms with Gasteiger partial charge in [0.1, 0.15) is 6.07 Å². The Morgan fingerprint density at radius 3 is 3.27 bits per heavy atom. The minimum Gasteiger partial charge on any atom is -0.366 e. The van der Waals surface area contributed by atoms with Gasteiger partial charge in [0.2, 0.25) is 0 Å². The summed E-state index contributed by atoms with van der Waals surface area (Å²) in [6.07, 6.45) is 1.66. The number of hydrogen-bond donors (Lipinski definition) is 1. The monoisotopic (exact) mass is 202 g/mol. The highest BCUT2D eigenvalue weighted by atomic mass is 15.2. The number of rotatable bonds is 1. The third-order valence-electron chi connectivity index (χ3n) is 2.60. The summed E-state index contributed by atoms with van der Waals surface area (Å²) in [5.74, 6) is 0. The lowest BCUT2D eigenvalue weighted by Crippen LogP contribution is -2.49. The number of nitrogens with zero attached hydrogens (tertiary/aromatic N) is 3. The van der Waals surface area contributed by atoms with Crippen molar-refractivity contribution in [3.8, 4) is 6.07 Å². The number of nitriles is 1. The van der Waals surface area contributed by atoms with E-state index in [4.69, 9.17) is 5.26 Å². The number of aromatic nitrogens is 1. The van der Waals surface area contributed by atoms with E-state index in [1.807, 2.05) is 12.1 Å². The molecule has 0 aromatic carbocycles.